The molecule has 0 bridgehead atoms. The van der Waals surface area contributed by atoms with Gasteiger partial charge in [0.05, 0.1) is 15.1 Å². The number of carbonyl (C=O) groups is 1. The Labute approximate surface area is 190 Å². The van der Waals surface area contributed by atoms with Gasteiger partial charge in [0.1, 0.15) is 0 Å². The zero-order chi connectivity index (χ0) is 23.3. The Kier molecular flexibility index (Phi) is 7.16. The Hall–Kier alpha value is -3.37. The lowest BCUT2D eigenvalue weighted by Crippen LogP contribution is -2.22. The Morgan fingerprint density at radius 2 is 1.69 bits per heavy atom. The first-order valence-electron chi connectivity index (χ1n) is 9.56. The Bertz CT molecular complexity index is 1230. The standard InChI is InChI=1S/C22H21N3O5S2/c1-15-14-18(25(27)28)10-13-21(15)23-22(26)16(2)31-19-11-8-17(9-12-19)24-32(29,30)20-6-4-3-5-7-20/h3-14,16,24H,1-2H3,(H,23,26). The average Bonchev–Trinajstić information content (AvgIpc) is 2.76. The molecule has 2 N–H and O–H groups in total. The number of thioether (sulfide) groups is 1. The molecule has 166 valence electrons. The van der Waals surface area contributed by atoms with E-state index in [1.54, 1.807) is 56.3 Å². The quantitative estimate of drug-likeness (QED) is 0.276. The van der Waals surface area contributed by atoms with Crippen molar-refractivity contribution in [2.75, 3.05) is 10.0 Å². The molecule has 0 fully saturated rings. The Balaban J connectivity index is 1.61. The third kappa shape index (κ3) is 5.86. The number of aryl methyl sites for hydroxylation is 1. The van der Waals surface area contributed by atoms with Crippen LogP contribution in [0.3, 0.4) is 0 Å². The number of rotatable bonds is 8. The van der Waals surface area contributed by atoms with Crippen LogP contribution in [0.2, 0.25) is 0 Å². The van der Waals surface area contributed by atoms with E-state index in [2.05, 4.69) is 10.0 Å². The van der Waals surface area contributed by atoms with Crippen LogP contribution in [0.25, 0.3) is 0 Å². The lowest BCUT2D eigenvalue weighted by Gasteiger charge is -2.14. The van der Waals surface area contributed by atoms with Crippen molar-refractivity contribution in [3.8, 4) is 0 Å². The van der Waals surface area contributed by atoms with Gasteiger partial charge < -0.3 is 5.32 Å². The number of benzene rings is 3. The van der Waals surface area contributed by atoms with E-state index in [1.807, 2.05) is 0 Å². The molecule has 0 aliphatic heterocycles. The van der Waals surface area contributed by atoms with Crippen molar-refractivity contribution >= 4 is 44.8 Å². The molecule has 3 aromatic rings. The fourth-order valence-corrected chi connectivity index (χ4v) is 4.76. The van der Waals surface area contributed by atoms with E-state index in [0.29, 0.717) is 16.9 Å². The first kappa shape index (κ1) is 23.3. The number of non-ortho nitro benzene ring substituents is 1. The van der Waals surface area contributed by atoms with Crippen LogP contribution in [-0.4, -0.2) is 24.5 Å². The topological polar surface area (TPSA) is 118 Å². The van der Waals surface area contributed by atoms with Crippen LogP contribution in [-0.2, 0) is 14.8 Å². The molecule has 0 aliphatic carbocycles. The molecule has 1 unspecified atom stereocenters. The molecular weight excluding hydrogens is 450 g/mol. The smallest absolute Gasteiger partial charge is 0.269 e. The molecule has 0 saturated heterocycles. The van der Waals surface area contributed by atoms with Crippen LogP contribution in [0, 0.1) is 17.0 Å². The van der Waals surface area contributed by atoms with Gasteiger partial charge in [0.15, 0.2) is 0 Å². The monoisotopic (exact) mass is 471 g/mol. The lowest BCUT2D eigenvalue weighted by atomic mass is 10.2. The maximum absolute atomic E-state index is 12.5. The van der Waals surface area contributed by atoms with Crippen molar-refractivity contribution in [2.24, 2.45) is 0 Å². The first-order valence-corrected chi connectivity index (χ1v) is 11.9. The highest BCUT2D eigenvalue weighted by atomic mass is 32.2. The van der Waals surface area contributed by atoms with Crippen molar-refractivity contribution in [3.63, 3.8) is 0 Å². The van der Waals surface area contributed by atoms with E-state index in [-0.39, 0.29) is 16.5 Å². The van der Waals surface area contributed by atoms with Crippen molar-refractivity contribution < 1.29 is 18.1 Å². The fourth-order valence-electron chi connectivity index (χ4n) is 2.81. The molecule has 1 atom stereocenters. The Morgan fingerprint density at radius 3 is 2.28 bits per heavy atom. The van der Waals surface area contributed by atoms with Gasteiger partial charge in [-0.1, -0.05) is 18.2 Å². The highest BCUT2D eigenvalue weighted by Crippen LogP contribution is 2.27. The SMILES string of the molecule is Cc1cc([N+](=O)[O-])ccc1NC(=O)C(C)Sc1ccc(NS(=O)(=O)c2ccccc2)cc1. The number of carbonyl (C=O) groups excluding carboxylic acids is 1. The Morgan fingerprint density at radius 1 is 1.03 bits per heavy atom. The van der Waals surface area contributed by atoms with Crippen molar-refractivity contribution in [2.45, 2.75) is 28.9 Å². The minimum absolute atomic E-state index is 0.0362. The van der Waals surface area contributed by atoms with Gasteiger partial charge >= 0.3 is 0 Å². The van der Waals surface area contributed by atoms with Gasteiger partial charge in [-0.25, -0.2) is 8.42 Å². The molecule has 0 heterocycles. The van der Waals surface area contributed by atoms with Gasteiger partial charge in [-0.2, -0.15) is 0 Å². The first-order chi connectivity index (χ1) is 15.2. The number of hydrogen-bond donors (Lipinski definition) is 2. The van der Waals surface area contributed by atoms with E-state index < -0.39 is 20.2 Å². The molecule has 32 heavy (non-hydrogen) atoms. The van der Waals surface area contributed by atoms with Gasteiger partial charge in [-0.15, -0.1) is 11.8 Å². The molecular formula is C22H21N3O5S2. The summed E-state index contributed by atoms with van der Waals surface area (Å²) >= 11 is 1.31. The second-order valence-electron chi connectivity index (χ2n) is 6.95. The second-order valence-corrected chi connectivity index (χ2v) is 10.0. The zero-order valence-electron chi connectivity index (χ0n) is 17.3. The van der Waals surface area contributed by atoms with E-state index in [0.717, 1.165) is 4.90 Å². The van der Waals surface area contributed by atoms with Gasteiger partial charge in [-0.3, -0.25) is 19.6 Å². The summed E-state index contributed by atoms with van der Waals surface area (Å²) in [6, 6.07) is 19.1. The summed E-state index contributed by atoms with van der Waals surface area (Å²) in [7, 11) is -3.67. The molecule has 3 rings (SSSR count). The van der Waals surface area contributed by atoms with Crippen LogP contribution in [0.1, 0.15) is 12.5 Å². The highest BCUT2D eigenvalue weighted by Gasteiger charge is 2.17. The number of amides is 1. The molecule has 8 nitrogen and oxygen atoms in total. The number of anilines is 2. The van der Waals surface area contributed by atoms with E-state index in [9.17, 15) is 23.3 Å². The number of nitrogens with one attached hydrogen (secondary N) is 2. The number of nitrogens with zero attached hydrogens (tertiary/aromatic N) is 1. The van der Waals surface area contributed by atoms with E-state index >= 15 is 0 Å². The molecule has 0 radical (unpaired) electrons. The number of nitro benzene ring substituents is 1. The normalized spacial score (nSPS) is 12.1. The number of nitro groups is 1. The summed E-state index contributed by atoms with van der Waals surface area (Å²) in [4.78, 5) is 23.9. The molecule has 3 aromatic carbocycles. The lowest BCUT2D eigenvalue weighted by molar-refractivity contribution is -0.384. The third-order valence-corrected chi connectivity index (χ3v) is 7.03. The molecule has 0 aliphatic rings. The third-order valence-electron chi connectivity index (χ3n) is 4.52. The summed E-state index contributed by atoms with van der Waals surface area (Å²) in [5, 5.41) is 13.2. The van der Waals surface area contributed by atoms with E-state index in [1.165, 1.54) is 42.1 Å². The molecule has 0 saturated carbocycles. The van der Waals surface area contributed by atoms with E-state index in [4.69, 9.17) is 0 Å². The summed E-state index contributed by atoms with van der Waals surface area (Å²) in [5.74, 6) is -0.249. The fraction of sp³-hybridized carbons (Fsp3) is 0.136. The van der Waals surface area contributed by atoms with Crippen LogP contribution in [0.4, 0.5) is 17.1 Å². The number of sulfonamides is 1. The molecule has 0 spiro atoms. The van der Waals surface area contributed by atoms with Gasteiger partial charge in [-0.05, 0) is 61.9 Å². The molecule has 0 aromatic heterocycles. The van der Waals surface area contributed by atoms with Gasteiger partial charge in [0.2, 0.25) is 5.91 Å². The second kappa shape index (κ2) is 9.84. The summed E-state index contributed by atoms with van der Waals surface area (Å²) < 4.78 is 27.3. The highest BCUT2D eigenvalue weighted by molar-refractivity contribution is 8.00. The molecule has 1 amide bonds. The van der Waals surface area contributed by atoms with Crippen molar-refractivity contribution in [1.82, 2.24) is 0 Å². The van der Waals surface area contributed by atoms with Crippen molar-refractivity contribution in [3.05, 3.63) is 88.5 Å². The maximum Gasteiger partial charge on any atom is 0.269 e. The minimum Gasteiger partial charge on any atom is -0.325 e. The van der Waals surface area contributed by atoms with Crippen LogP contribution < -0.4 is 10.0 Å². The predicted octanol–water partition coefficient (Wildman–Crippen LogP) is 4.82. The predicted molar refractivity (Wildman–Crippen MR) is 125 cm³/mol. The summed E-state index contributed by atoms with van der Waals surface area (Å²) in [6.07, 6.45) is 0. The van der Waals surface area contributed by atoms with Gasteiger partial charge in [0.25, 0.3) is 15.7 Å². The largest absolute Gasteiger partial charge is 0.325 e. The van der Waals surface area contributed by atoms with Crippen molar-refractivity contribution in [1.29, 1.82) is 0 Å². The summed E-state index contributed by atoms with van der Waals surface area (Å²) in [5.41, 5.74) is 1.49. The minimum atomic E-state index is -3.67. The maximum atomic E-state index is 12.5. The summed E-state index contributed by atoms with van der Waals surface area (Å²) in [6.45, 7) is 3.43. The van der Waals surface area contributed by atoms with Crippen LogP contribution in [0.5, 0.6) is 0 Å². The average molecular weight is 472 g/mol. The van der Waals surface area contributed by atoms with Crippen LogP contribution in [0.15, 0.2) is 82.6 Å². The van der Waals surface area contributed by atoms with Gasteiger partial charge in [0, 0.05) is 28.4 Å². The number of hydrogen-bond acceptors (Lipinski definition) is 6. The zero-order valence-corrected chi connectivity index (χ0v) is 18.9. The molecule has 10 heteroatoms. The van der Waals surface area contributed by atoms with Crippen LogP contribution >= 0.6 is 11.8 Å².